The molecule has 2 atom stereocenters. The van der Waals surface area contributed by atoms with Crippen LogP contribution in [0.15, 0.2) is 53.4 Å². The number of amides is 1. The van der Waals surface area contributed by atoms with Gasteiger partial charge in [0.2, 0.25) is 0 Å². The largest absolute Gasteiger partial charge is 0.452 e. The number of anilines is 1. The maximum Gasteiger partial charge on any atom is 0.319 e. The Morgan fingerprint density at radius 3 is 2.50 bits per heavy atom. The molecule has 0 aliphatic rings. The molecule has 0 aromatic heterocycles. The highest BCUT2D eigenvalue weighted by atomic mass is 35.5. The van der Waals surface area contributed by atoms with Gasteiger partial charge in [-0.25, -0.2) is 0 Å². The lowest BCUT2D eigenvalue weighted by molar-refractivity contribution is -0.152. The van der Waals surface area contributed by atoms with Gasteiger partial charge < -0.3 is 10.1 Å². The number of thioether (sulfide) groups is 1. The summed E-state index contributed by atoms with van der Waals surface area (Å²) >= 11 is 7.29. The van der Waals surface area contributed by atoms with E-state index in [-0.39, 0.29) is 5.02 Å². The molecule has 0 fully saturated rings. The van der Waals surface area contributed by atoms with Gasteiger partial charge in [-0.2, -0.15) is 5.26 Å². The van der Waals surface area contributed by atoms with Gasteiger partial charge >= 0.3 is 5.97 Å². The molecule has 2 rings (SSSR count). The minimum Gasteiger partial charge on any atom is -0.452 e. The Morgan fingerprint density at radius 2 is 1.88 bits per heavy atom. The molecule has 0 aliphatic carbocycles. The van der Waals surface area contributed by atoms with Crippen LogP contribution < -0.4 is 5.32 Å². The van der Waals surface area contributed by atoms with Crippen LogP contribution in [0.25, 0.3) is 0 Å². The summed E-state index contributed by atoms with van der Waals surface area (Å²) in [5.41, 5.74) is 0.740. The number of esters is 1. The smallest absolute Gasteiger partial charge is 0.319 e. The lowest BCUT2D eigenvalue weighted by Gasteiger charge is -2.16. The van der Waals surface area contributed by atoms with E-state index in [0.29, 0.717) is 11.3 Å². The number of hydrogen-bond donors (Lipinski definition) is 1. The third-order valence-corrected chi connectivity index (χ3v) is 4.81. The topological polar surface area (TPSA) is 79.2 Å². The first-order chi connectivity index (χ1) is 12.4. The zero-order valence-corrected chi connectivity index (χ0v) is 15.8. The Hall–Kier alpha value is -2.49. The lowest BCUT2D eigenvalue weighted by Crippen LogP contribution is -2.32. The van der Waals surface area contributed by atoms with Crippen molar-refractivity contribution in [2.45, 2.75) is 30.1 Å². The predicted molar refractivity (Wildman–Crippen MR) is 102 cm³/mol. The van der Waals surface area contributed by atoms with Crippen LogP contribution in [-0.2, 0) is 14.3 Å². The van der Waals surface area contributed by atoms with Gasteiger partial charge in [-0.3, -0.25) is 9.59 Å². The summed E-state index contributed by atoms with van der Waals surface area (Å²) in [5.74, 6) is -0.949. The van der Waals surface area contributed by atoms with Crippen LogP contribution in [0.4, 0.5) is 5.69 Å². The molecule has 134 valence electrons. The number of nitrogens with one attached hydrogen (secondary N) is 1. The fraction of sp³-hybridized carbons (Fsp3) is 0.211. The van der Waals surface area contributed by atoms with Crippen LogP contribution in [0.1, 0.15) is 19.4 Å². The quantitative estimate of drug-likeness (QED) is 0.590. The van der Waals surface area contributed by atoms with Crippen molar-refractivity contribution in [3.63, 3.8) is 0 Å². The first-order valence-electron chi connectivity index (χ1n) is 7.83. The van der Waals surface area contributed by atoms with E-state index in [9.17, 15) is 9.59 Å². The van der Waals surface area contributed by atoms with Crippen molar-refractivity contribution in [3.8, 4) is 6.07 Å². The Bertz CT molecular complexity index is 836. The number of nitrogens with zero attached hydrogens (tertiary/aromatic N) is 1. The van der Waals surface area contributed by atoms with Gasteiger partial charge in [-0.1, -0.05) is 29.8 Å². The fourth-order valence-electron chi connectivity index (χ4n) is 2.00. The van der Waals surface area contributed by atoms with Gasteiger partial charge in [0.15, 0.2) is 6.10 Å². The van der Waals surface area contributed by atoms with E-state index in [4.69, 9.17) is 21.6 Å². The number of benzene rings is 2. The Balaban J connectivity index is 1.90. The van der Waals surface area contributed by atoms with E-state index < -0.39 is 23.2 Å². The molecule has 0 heterocycles. The minimum atomic E-state index is -0.962. The van der Waals surface area contributed by atoms with Gasteiger partial charge in [0, 0.05) is 10.6 Å². The third-order valence-electron chi connectivity index (χ3n) is 3.41. The van der Waals surface area contributed by atoms with Crippen LogP contribution in [0.3, 0.4) is 0 Å². The summed E-state index contributed by atoms with van der Waals surface area (Å²) in [6, 6.07) is 16.0. The van der Waals surface area contributed by atoms with Crippen molar-refractivity contribution in [2.24, 2.45) is 0 Å². The van der Waals surface area contributed by atoms with Crippen LogP contribution in [0.5, 0.6) is 0 Å². The van der Waals surface area contributed by atoms with Crippen molar-refractivity contribution >= 4 is 40.9 Å². The number of halogens is 1. The molecule has 0 radical (unpaired) electrons. The van der Waals surface area contributed by atoms with Crippen molar-refractivity contribution < 1.29 is 14.3 Å². The first kappa shape index (κ1) is 19.8. The van der Waals surface area contributed by atoms with Crippen LogP contribution in [0, 0.1) is 11.3 Å². The molecule has 0 bridgehead atoms. The molecule has 2 aromatic rings. The number of carbonyl (C=O) groups excluding carboxylic acids is 2. The van der Waals surface area contributed by atoms with E-state index in [0.717, 1.165) is 4.90 Å². The van der Waals surface area contributed by atoms with E-state index in [1.54, 1.807) is 13.0 Å². The zero-order valence-electron chi connectivity index (χ0n) is 14.2. The highest BCUT2D eigenvalue weighted by Gasteiger charge is 2.23. The van der Waals surface area contributed by atoms with E-state index in [1.807, 2.05) is 36.4 Å². The maximum absolute atomic E-state index is 12.2. The summed E-state index contributed by atoms with van der Waals surface area (Å²) in [7, 11) is 0. The third kappa shape index (κ3) is 5.51. The average molecular weight is 389 g/mol. The second-order valence-electron chi connectivity index (χ2n) is 5.45. The highest BCUT2D eigenvalue weighted by molar-refractivity contribution is 8.00. The Labute approximate surface area is 161 Å². The fourth-order valence-corrected chi connectivity index (χ4v) is 3.10. The predicted octanol–water partition coefficient (Wildman–Crippen LogP) is 4.26. The van der Waals surface area contributed by atoms with Gasteiger partial charge in [-0.15, -0.1) is 11.8 Å². The normalized spacial score (nSPS) is 12.5. The molecule has 7 heteroatoms. The van der Waals surface area contributed by atoms with Gasteiger partial charge in [-0.05, 0) is 44.2 Å². The van der Waals surface area contributed by atoms with E-state index >= 15 is 0 Å². The summed E-state index contributed by atoms with van der Waals surface area (Å²) in [5, 5.41) is 11.3. The lowest BCUT2D eigenvalue weighted by atomic mass is 10.2. The van der Waals surface area contributed by atoms with Crippen molar-refractivity contribution in [1.82, 2.24) is 0 Å². The maximum atomic E-state index is 12.2. The zero-order chi connectivity index (χ0) is 19.1. The molecule has 0 saturated carbocycles. The molecule has 0 aliphatic heterocycles. The molecule has 5 nitrogen and oxygen atoms in total. The molecule has 0 unspecified atom stereocenters. The van der Waals surface area contributed by atoms with Crippen LogP contribution in [0.2, 0.25) is 5.02 Å². The number of nitriles is 1. The molecule has 1 N–H and O–H groups in total. The Kier molecular flexibility index (Phi) is 7.07. The summed E-state index contributed by atoms with van der Waals surface area (Å²) in [6.07, 6.45) is -0.962. The van der Waals surface area contributed by atoms with E-state index in [1.165, 1.54) is 30.8 Å². The minimum absolute atomic E-state index is 0.239. The molecule has 0 spiro atoms. The highest BCUT2D eigenvalue weighted by Crippen LogP contribution is 2.24. The van der Waals surface area contributed by atoms with Crippen LogP contribution in [-0.4, -0.2) is 23.2 Å². The summed E-state index contributed by atoms with van der Waals surface area (Å²) in [6.45, 7) is 3.23. The number of carbonyl (C=O) groups is 2. The average Bonchev–Trinajstić information content (AvgIpc) is 2.62. The molecule has 26 heavy (non-hydrogen) atoms. The molecule has 0 saturated heterocycles. The Morgan fingerprint density at radius 1 is 1.19 bits per heavy atom. The van der Waals surface area contributed by atoms with E-state index in [2.05, 4.69) is 5.32 Å². The number of hydrogen-bond acceptors (Lipinski definition) is 5. The SMILES string of the molecule is C[C@@H](OC(=O)[C@@H](C)Sc1ccccc1)C(=O)Nc1ccc(C#N)c(Cl)c1. The monoisotopic (exact) mass is 388 g/mol. The van der Waals surface area contributed by atoms with Crippen molar-refractivity contribution in [3.05, 3.63) is 59.1 Å². The standard InChI is InChI=1S/C19H17ClN2O3S/c1-12(18(23)22-15-9-8-14(11-21)17(20)10-15)25-19(24)13(2)26-16-6-4-3-5-7-16/h3-10,12-13H,1-2H3,(H,22,23)/t12-,13-/m1/s1. The van der Waals surface area contributed by atoms with Gasteiger partial charge in [0.1, 0.15) is 11.3 Å². The number of rotatable bonds is 6. The molecular weight excluding hydrogens is 372 g/mol. The van der Waals surface area contributed by atoms with Crippen molar-refractivity contribution in [2.75, 3.05) is 5.32 Å². The molecule has 2 aromatic carbocycles. The summed E-state index contributed by atoms with van der Waals surface area (Å²) < 4.78 is 5.24. The first-order valence-corrected chi connectivity index (χ1v) is 9.09. The second-order valence-corrected chi connectivity index (χ2v) is 7.27. The summed E-state index contributed by atoms with van der Waals surface area (Å²) in [4.78, 5) is 25.3. The number of ether oxygens (including phenoxy) is 1. The molecular formula is C19H17ClN2O3S. The molecule has 1 amide bonds. The van der Waals surface area contributed by atoms with Crippen LogP contribution >= 0.6 is 23.4 Å². The van der Waals surface area contributed by atoms with Gasteiger partial charge in [0.05, 0.1) is 10.6 Å². The van der Waals surface area contributed by atoms with Crippen molar-refractivity contribution in [1.29, 1.82) is 5.26 Å². The van der Waals surface area contributed by atoms with Gasteiger partial charge in [0.25, 0.3) is 5.91 Å². The second kappa shape index (κ2) is 9.27.